The molecular formula is C74H116N8O15. The Kier molecular flexibility index (Phi) is 33.8. The first-order chi connectivity index (χ1) is 45.2. The molecule has 1 aliphatic rings. The van der Waals surface area contributed by atoms with Crippen molar-refractivity contribution in [3.8, 4) is 0 Å². The van der Waals surface area contributed by atoms with Gasteiger partial charge in [0.1, 0.15) is 31.3 Å². The summed E-state index contributed by atoms with van der Waals surface area (Å²) in [5.74, 6) is -4.50. The summed E-state index contributed by atoms with van der Waals surface area (Å²) in [5.41, 5.74) is -2.75. The number of esters is 2. The fraction of sp³-hybridized carbons (Fsp3) is 0.662. The maximum absolute atomic E-state index is 13.9. The normalized spacial score (nSPS) is 15.0. The Morgan fingerprint density at radius 3 is 1.63 bits per heavy atom. The molecule has 0 fully saturated rings. The minimum atomic E-state index is -1.16. The van der Waals surface area contributed by atoms with E-state index in [4.69, 9.17) is 18.9 Å². The Labute approximate surface area is 576 Å². The van der Waals surface area contributed by atoms with Crippen molar-refractivity contribution in [2.24, 2.45) is 37.9 Å². The van der Waals surface area contributed by atoms with Gasteiger partial charge in [0.2, 0.25) is 41.4 Å². The van der Waals surface area contributed by atoms with Gasteiger partial charge in [0.05, 0.1) is 31.8 Å². The minimum Gasteiger partial charge on any atom is -0.460 e. The number of nitrogens with zero attached hydrogens (tertiary/aromatic N) is 1. The van der Waals surface area contributed by atoms with Crippen molar-refractivity contribution in [2.45, 2.75) is 219 Å². The molecule has 5 atom stereocenters. The SMILES string of the molecule is CCC(C)(CNC(=O)CC(C)(C)COCC(C)(C)CNC(=O)CC[C@H](NC(=O)C(C)(C)CC(C)(C)C(=O)OCc1ccccc1)C(=O)OCc1ccccc1)COCC(C)(CC)CC(=O)NCCCC[C@H](NC(=O)[C@H](C)NC(=O)CCCN1C(=O)C=CC1=O)C(=O)NCC(C)(C)C. The number of imide groups is 1. The summed E-state index contributed by atoms with van der Waals surface area (Å²) >= 11 is 0. The molecule has 0 spiro atoms. The predicted octanol–water partition coefficient (Wildman–Crippen LogP) is 8.26. The van der Waals surface area contributed by atoms with Crippen molar-refractivity contribution in [3.63, 3.8) is 0 Å². The van der Waals surface area contributed by atoms with E-state index in [1.165, 1.54) is 19.1 Å². The fourth-order valence-electron chi connectivity index (χ4n) is 10.5. The van der Waals surface area contributed by atoms with Gasteiger partial charge in [-0.25, -0.2) is 4.79 Å². The highest BCUT2D eigenvalue weighted by atomic mass is 16.5. The molecule has 1 heterocycles. The second kappa shape index (κ2) is 39.2. The van der Waals surface area contributed by atoms with Crippen molar-refractivity contribution in [3.05, 3.63) is 83.9 Å². The number of carbonyl (C=O) groups is 11. The first-order valence-electron chi connectivity index (χ1n) is 34.3. The van der Waals surface area contributed by atoms with Crippen LogP contribution in [0.5, 0.6) is 0 Å². The van der Waals surface area contributed by atoms with Crippen LogP contribution in [0.15, 0.2) is 72.8 Å². The zero-order valence-electron chi connectivity index (χ0n) is 61.0. The number of rotatable bonds is 45. The lowest BCUT2D eigenvalue weighted by molar-refractivity contribution is -0.158. The molecule has 23 nitrogen and oxygen atoms in total. The zero-order chi connectivity index (χ0) is 72.8. The zero-order valence-corrected chi connectivity index (χ0v) is 61.0. The van der Waals surface area contributed by atoms with E-state index in [9.17, 15) is 52.7 Å². The Morgan fingerprint density at radius 2 is 1.04 bits per heavy atom. The molecular weight excluding hydrogens is 1240 g/mol. The third kappa shape index (κ3) is 32.6. The van der Waals surface area contributed by atoms with E-state index in [1.54, 1.807) is 27.7 Å². The second-order valence-corrected chi connectivity index (χ2v) is 31.0. The van der Waals surface area contributed by atoms with Crippen LogP contribution in [-0.4, -0.2) is 147 Å². The number of unbranched alkanes of at least 4 members (excludes halogenated alkanes) is 1. The number of carbonyl (C=O) groups excluding carboxylic acids is 11. The molecule has 2 aromatic rings. The molecule has 0 bridgehead atoms. The quantitative estimate of drug-likeness (QED) is 0.0186. The van der Waals surface area contributed by atoms with Gasteiger partial charge in [0, 0.05) is 86.8 Å². The first kappa shape index (κ1) is 83.7. The molecule has 1 aliphatic heterocycles. The summed E-state index contributed by atoms with van der Waals surface area (Å²) in [7, 11) is 0. The molecule has 0 saturated carbocycles. The molecule has 542 valence electrons. The lowest BCUT2D eigenvalue weighted by Gasteiger charge is -2.33. The van der Waals surface area contributed by atoms with Crippen LogP contribution >= 0.6 is 0 Å². The molecule has 9 amide bonds. The summed E-state index contributed by atoms with van der Waals surface area (Å²) in [5, 5.41) is 20.2. The third-order valence-electron chi connectivity index (χ3n) is 17.2. The van der Waals surface area contributed by atoms with E-state index in [0.717, 1.165) is 16.0 Å². The summed E-state index contributed by atoms with van der Waals surface area (Å²) in [6.07, 6.45) is 5.62. The van der Waals surface area contributed by atoms with E-state index in [0.29, 0.717) is 58.5 Å². The average molecular weight is 1360 g/mol. The molecule has 2 aromatic carbocycles. The van der Waals surface area contributed by atoms with Gasteiger partial charge in [0.15, 0.2) is 0 Å². The minimum absolute atomic E-state index is 0.0176. The number of hydrogen-bond acceptors (Lipinski definition) is 15. The van der Waals surface area contributed by atoms with Crippen LogP contribution in [0, 0.1) is 37.9 Å². The maximum atomic E-state index is 13.9. The monoisotopic (exact) mass is 1360 g/mol. The second-order valence-electron chi connectivity index (χ2n) is 31.0. The molecule has 0 radical (unpaired) electrons. The van der Waals surface area contributed by atoms with Crippen molar-refractivity contribution in [1.29, 1.82) is 0 Å². The molecule has 23 heteroatoms. The van der Waals surface area contributed by atoms with Crippen LogP contribution in [0.4, 0.5) is 0 Å². The van der Waals surface area contributed by atoms with Gasteiger partial charge in [-0.1, -0.05) is 151 Å². The Hall–Kier alpha value is -7.53. The average Bonchev–Trinajstić information content (AvgIpc) is 1.34. The van der Waals surface area contributed by atoms with Crippen molar-refractivity contribution < 1.29 is 71.7 Å². The van der Waals surface area contributed by atoms with E-state index in [2.05, 4.69) is 37.2 Å². The van der Waals surface area contributed by atoms with Crippen molar-refractivity contribution in [2.75, 3.05) is 59.2 Å². The van der Waals surface area contributed by atoms with Gasteiger partial charge in [0.25, 0.3) is 11.8 Å². The van der Waals surface area contributed by atoms with Crippen LogP contribution in [-0.2, 0) is 84.9 Å². The highest BCUT2D eigenvalue weighted by Gasteiger charge is 2.42. The van der Waals surface area contributed by atoms with Gasteiger partial charge in [-0.2, -0.15) is 0 Å². The molecule has 0 aromatic heterocycles. The molecule has 3 rings (SSSR count). The summed E-state index contributed by atoms with van der Waals surface area (Å²) in [4.78, 5) is 145. The Balaban J connectivity index is 1.43. The van der Waals surface area contributed by atoms with Gasteiger partial charge in [-0.15, -0.1) is 0 Å². The highest BCUT2D eigenvalue weighted by molar-refractivity contribution is 6.12. The van der Waals surface area contributed by atoms with E-state index >= 15 is 0 Å². The van der Waals surface area contributed by atoms with Crippen molar-refractivity contribution >= 4 is 65.1 Å². The number of ether oxygens (including phenoxy) is 4. The van der Waals surface area contributed by atoms with Gasteiger partial charge >= 0.3 is 11.9 Å². The van der Waals surface area contributed by atoms with Gasteiger partial charge in [-0.3, -0.25) is 52.8 Å². The van der Waals surface area contributed by atoms with Crippen LogP contribution in [0.25, 0.3) is 0 Å². The van der Waals surface area contributed by atoms with E-state index in [-0.39, 0.29) is 120 Å². The first-order valence-corrected chi connectivity index (χ1v) is 34.3. The molecule has 7 N–H and O–H groups in total. The topological polar surface area (TPSA) is 312 Å². The Bertz CT molecular complexity index is 2940. The van der Waals surface area contributed by atoms with Crippen LogP contribution in [0.1, 0.15) is 199 Å². The third-order valence-corrected chi connectivity index (χ3v) is 17.2. The lowest BCUT2D eigenvalue weighted by Crippen LogP contribution is -2.53. The molecule has 97 heavy (non-hydrogen) atoms. The predicted molar refractivity (Wildman–Crippen MR) is 371 cm³/mol. The fourth-order valence-corrected chi connectivity index (χ4v) is 10.5. The highest BCUT2D eigenvalue weighted by Crippen LogP contribution is 2.36. The molecule has 2 unspecified atom stereocenters. The number of hydrogen-bond donors (Lipinski definition) is 7. The van der Waals surface area contributed by atoms with Crippen LogP contribution in [0.3, 0.4) is 0 Å². The van der Waals surface area contributed by atoms with Crippen LogP contribution in [0.2, 0.25) is 0 Å². The van der Waals surface area contributed by atoms with Crippen LogP contribution < -0.4 is 37.2 Å². The van der Waals surface area contributed by atoms with E-state index in [1.807, 2.05) is 137 Å². The van der Waals surface area contributed by atoms with E-state index < -0.39 is 92.1 Å². The largest absolute Gasteiger partial charge is 0.460 e. The smallest absolute Gasteiger partial charge is 0.328 e. The molecule has 0 saturated heterocycles. The maximum Gasteiger partial charge on any atom is 0.328 e. The standard InChI is InChI=1S/C74H116N8O15/c1-17-73(15,41-60(86)75-38-26-25-32-55(64(90)78-45-68(4,5)6)80-63(89)52(3)79-58(84)33-27-39-82-61(87)36-37-62(82)88)50-95-51-74(16,18-2)47-77-59(85)40-69(7,8)48-94-49-70(9,10)46-76-57(83)35-34-56(65(91)96-42-53-28-21-19-22-29-53)81-66(92)71(11,12)44-72(13,14)67(93)97-43-54-30-23-20-24-31-54/h19-24,28-31,36-37,52,55-56H,17-18,25-27,32-35,38-51H2,1-16H3,(H,75,86)(H,76,83)(H,77,85)(H,78,90)(H,79,84)(H,80,89)(H,81,92)/t52-,55-,56-,73?,74?/m0/s1. The van der Waals surface area contributed by atoms with Gasteiger partial charge in [-0.05, 0) is 99.5 Å². The summed E-state index contributed by atoms with van der Waals surface area (Å²) in [6.45, 7) is 32.8. The number of amides is 9. The lowest BCUT2D eigenvalue weighted by atomic mass is 9.74. The van der Waals surface area contributed by atoms with Crippen molar-refractivity contribution in [1.82, 2.24) is 42.1 Å². The summed E-state index contributed by atoms with van der Waals surface area (Å²) < 4.78 is 23.8. The van der Waals surface area contributed by atoms with Gasteiger partial charge < -0.3 is 56.2 Å². The summed E-state index contributed by atoms with van der Waals surface area (Å²) in [6, 6.07) is 15.4. The number of nitrogens with one attached hydrogen (secondary N) is 7. The Morgan fingerprint density at radius 1 is 0.495 bits per heavy atom. The molecule has 0 aliphatic carbocycles. The number of benzene rings is 2.